The molecule has 0 saturated heterocycles. The van der Waals surface area contributed by atoms with Crippen LogP contribution in [0.1, 0.15) is 43.0 Å². The van der Waals surface area contributed by atoms with E-state index in [0.29, 0.717) is 10.9 Å². The fourth-order valence-corrected chi connectivity index (χ4v) is 3.37. The first kappa shape index (κ1) is 14.9. The molecule has 1 fully saturated rings. The number of carboxylic acids is 1. The van der Waals surface area contributed by atoms with Crippen LogP contribution in [0.4, 0.5) is 0 Å². The van der Waals surface area contributed by atoms with Crippen molar-refractivity contribution in [2.75, 3.05) is 0 Å². The largest absolute Gasteiger partial charge is 0.478 e. The van der Waals surface area contributed by atoms with Gasteiger partial charge in [0.25, 0.3) is 0 Å². The Bertz CT molecular complexity index is 498. The van der Waals surface area contributed by atoms with E-state index in [1.165, 1.54) is 24.6 Å². The third-order valence-corrected chi connectivity index (χ3v) is 4.67. The van der Waals surface area contributed by atoms with Crippen molar-refractivity contribution in [3.05, 3.63) is 29.8 Å². The molecule has 4 nitrogen and oxygen atoms in total. The summed E-state index contributed by atoms with van der Waals surface area (Å²) in [6, 6.07) is 7.08. The zero-order valence-corrected chi connectivity index (χ0v) is 12.3. The minimum atomic E-state index is -0.962. The molecule has 0 spiro atoms. The van der Waals surface area contributed by atoms with Crippen LogP contribution < -0.4 is 5.32 Å². The van der Waals surface area contributed by atoms with Crippen molar-refractivity contribution in [3.63, 3.8) is 0 Å². The van der Waals surface area contributed by atoms with Crippen LogP contribution in [-0.2, 0) is 4.79 Å². The number of carboxylic acid groups (broad SMARTS) is 1. The van der Waals surface area contributed by atoms with Gasteiger partial charge in [0.05, 0.1) is 10.8 Å². The molecule has 1 aromatic carbocycles. The molecule has 1 aliphatic carbocycles. The third-order valence-electron chi connectivity index (χ3n) is 3.49. The summed E-state index contributed by atoms with van der Waals surface area (Å²) in [4.78, 5) is 23.9. The maximum absolute atomic E-state index is 12.1. The van der Waals surface area contributed by atoms with E-state index in [9.17, 15) is 9.59 Å². The number of carbonyl (C=O) groups is 2. The van der Waals surface area contributed by atoms with E-state index in [0.717, 1.165) is 12.8 Å². The number of aromatic carboxylic acids is 1. The normalized spacial score (nSPS) is 16.9. The van der Waals surface area contributed by atoms with Crippen LogP contribution in [0.15, 0.2) is 29.2 Å². The molecule has 0 heterocycles. The summed E-state index contributed by atoms with van der Waals surface area (Å²) in [6.07, 6.45) is 4.45. The third kappa shape index (κ3) is 3.76. The Morgan fingerprint density at radius 3 is 2.60 bits per heavy atom. The average molecular weight is 293 g/mol. The van der Waals surface area contributed by atoms with E-state index in [-0.39, 0.29) is 16.7 Å². The van der Waals surface area contributed by atoms with Gasteiger partial charge in [-0.15, -0.1) is 11.8 Å². The highest BCUT2D eigenvalue weighted by molar-refractivity contribution is 8.00. The van der Waals surface area contributed by atoms with E-state index < -0.39 is 5.97 Å². The van der Waals surface area contributed by atoms with Gasteiger partial charge in [0.1, 0.15) is 0 Å². The number of carbonyl (C=O) groups excluding carboxylic acids is 1. The molecular weight excluding hydrogens is 274 g/mol. The summed E-state index contributed by atoms with van der Waals surface area (Å²) in [7, 11) is 0. The lowest BCUT2D eigenvalue weighted by Gasteiger charge is -2.17. The first-order valence-corrected chi connectivity index (χ1v) is 7.75. The minimum Gasteiger partial charge on any atom is -0.478 e. The second-order valence-corrected chi connectivity index (χ2v) is 6.43. The standard InChI is InChI=1S/C15H19NO3S/c1-10(14(17)16-11-6-2-3-7-11)20-13-9-5-4-8-12(13)15(18)19/h4-5,8-11H,2-3,6-7H2,1H3,(H,16,17)(H,18,19)/t10-/m1/s1. The van der Waals surface area contributed by atoms with Gasteiger partial charge in [-0.3, -0.25) is 4.79 Å². The van der Waals surface area contributed by atoms with Crippen LogP contribution in [0.3, 0.4) is 0 Å². The maximum atomic E-state index is 12.1. The molecule has 1 aromatic rings. The monoisotopic (exact) mass is 293 g/mol. The molecule has 1 atom stereocenters. The summed E-state index contributed by atoms with van der Waals surface area (Å²) >= 11 is 1.30. The second kappa shape index (κ2) is 6.79. The Balaban J connectivity index is 1.98. The molecule has 1 aliphatic rings. The Kier molecular flexibility index (Phi) is 5.06. The van der Waals surface area contributed by atoms with Crippen LogP contribution in [0.5, 0.6) is 0 Å². The fourth-order valence-electron chi connectivity index (χ4n) is 2.38. The zero-order chi connectivity index (χ0) is 14.5. The second-order valence-electron chi connectivity index (χ2n) is 5.05. The summed E-state index contributed by atoms with van der Waals surface area (Å²) in [5.41, 5.74) is 0.248. The lowest BCUT2D eigenvalue weighted by atomic mass is 10.2. The zero-order valence-electron chi connectivity index (χ0n) is 11.5. The van der Waals surface area contributed by atoms with Crippen LogP contribution in [0.25, 0.3) is 0 Å². The van der Waals surface area contributed by atoms with Crippen molar-refractivity contribution in [2.45, 2.75) is 48.8 Å². The summed E-state index contributed by atoms with van der Waals surface area (Å²) in [5, 5.41) is 11.9. The first-order chi connectivity index (χ1) is 9.58. The molecule has 2 N–H and O–H groups in total. The highest BCUT2D eigenvalue weighted by Crippen LogP contribution is 2.27. The summed E-state index contributed by atoms with van der Waals surface area (Å²) < 4.78 is 0. The van der Waals surface area contributed by atoms with Gasteiger partial charge in [0.2, 0.25) is 5.91 Å². The Labute approximate surface area is 123 Å². The van der Waals surface area contributed by atoms with Crippen molar-refractivity contribution < 1.29 is 14.7 Å². The number of hydrogen-bond donors (Lipinski definition) is 2. The van der Waals surface area contributed by atoms with Crippen molar-refractivity contribution in [2.24, 2.45) is 0 Å². The summed E-state index contributed by atoms with van der Waals surface area (Å²) in [5.74, 6) is -0.974. The number of amides is 1. The molecule has 20 heavy (non-hydrogen) atoms. The molecule has 0 aromatic heterocycles. The molecule has 0 radical (unpaired) electrons. The molecule has 2 rings (SSSR count). The van der Waals surface area contributed by atoms with Crippen molar-refractivity contribution in [1.29, 1.82) is 0 Å². The topological polar surface area (TPSA) is 66.4 Å². The van der Waals surface area contributed by atoms with Gasteiger partial charge >= 0.3 is 5.97 Å². The van der Waals surface area contributed by atoms with Gasteiger partial charge < -0.3 is 10.4 Å². The van der Waals surface area contributed by atoms with Gasteiger partial charge in [0.15, 0.2) is 0 Å². The van der Waals surface area contributed by atoms with E-state index in [1.54, 1.807) is 24.3 Å². The Morgan fingerprint density at radius 2 is 1.95 bits per heavy atom. The highest BCUT2D eigenvalue weighted by Gasteiger charge is 2.22. The fraction of sp³-hybridized carbons (Fsp3) is 0.467. The number of hydrogen-bond acceptors (Lipinski definition) is 3. The molecular formula is C15H19NO3S. The van der Waals surface area contributed by atoms with Crippen LogP contribution in [0.2, 0.25) is 0 Å². The van der Waals surface area contributed by atoms with Gasteiger partial charge in [-0.05, 0) is 31.9 Å². The number of thioether (sulfide) groups is 1. The quantitative estimate of drug-likeness (QED) is 0.819. The average Bonchev–Trinajstić information content (AvgIpc) is 2.91. The predicted molar refractivity (Wildman–Crippen MR) is 79.1 cm³/mol. The van der Waals surface area contributed by atoms with Crippen LogP contribution in [-0.4, -0.2) is 28.3 Å². The molecule has 0 aliphatic heterocycles. The summed E-state index contributed by atoms with van der Waals surface area (Å²) in [6.45, 7) is 1.81. The maximum Gasteiger partial charge on any atom is 0.336 e. The SMILES string of the molecule is C[C@@H](Sc1ccccc1C(=O)O)C(=O)NC1CCCC1. The molecule has 0 bridgehead atoms. The molecule has 0 unspecified atom stereocenters. The molecule has 1 saturated carbocycles. The highest BCUT2D eigenvalue weighted by atomic mass is 32.2. The van der Waals surface area contributed by atoms with Crippen LogP contribution >= 0.6 is 11.8 Å². The van der Waals surface area contributed by atoms with E-state index in [2.05, 4.69) is 5.32 Å². The lowest BCUT2D eigenvalue weighted by molar-refractivity contribution is -0.120. The Hall–Kier alpha value is -1.49. The predicted octanol–water partition coefficient (Wildman–Crippen LogP) is 2.92. The van der Waals surface area contributed by atoms with Crippen LogP contribution in [0, 0.1) is 0 Å². The van der Waals surface area contributed by atoms with Gasteiger partial charge in [-0.2, -0.15) is 0 Å². The molecule has 108 valence electrons. The number of rotatable bonds is 5. The minimum absolute atomic E-state index is 0.0120. The molecule has 5 heteroatoms. The van der Waals surface area contributed by atoms with Crippen molar-refractivity contribution in [1.82, 2.24) is 5.32 Å². The Morgan fingerprint density at radius 1 is 1.30 bits per heavy atom. The molecule has 1 amide bonds. The van der Waals surface area contributed by atoms with E-state index in [1.807, 2.05) is 6.92 Å². The van der Waals surface area contributed by atoms with Gasteiger partial charge in [-0.25, -0.2) is 4.79 Å². The van der Waals surface area contributed by atoms with E-state index in [4.69, 9.17) is 5.11 Å². The van der Waals surface area contributed by atoms with Crippen molar-refractivity contribution >= 4 is 23.6 Å². The number of benzene rings is 1. The van der Waals surface area contributed by atoms with Crippen molar-refractivity contribution in [3.8, 4) is 0 Å². The van der Waals surface area contributed by atoms with Gasteiger partial charge in [-0.1, -0.05) is 25.0 Å². The van der Waals surface area contributed by atoms with Gasteiger partial charge in [0, 0.05) is 10.9 Å². The number of nitrogens with one attached hydrogen (secondary N) is 1. The van der Waals surface area contributed by atoms with E-state index >= 15 is 0 Å². The first-order valence-electron chi connectivity index (χ1n) is 6.87. The smallest absolute Gasteiger partial charge is 0.336 e. The lowest BCUT2D eigenvalue weighted by Crippen LogP contribution is -2.37.